The predicted octanol–water partition coefficient (Wildman–Crippen LogP) is 4.45. The zero-order chi connectivity index (χ0) is 19.4. The van der Waals surface area contributed by atoms with Crippen molar-refractivity contribution < 1.29 is 14.3 Å². The van der Waals surface area contributed by atoms with Gasteiger partial charge in [-0.15, -0.1) is 0 Å². The number of cyclic esters (lactones) is 1. The second kappa shape index (κ2) is 7.87. The summed E-state index contributed by atoms with van der Waals surface area (Å²) in [6.45, 7) is 0.821. The first-order valence-electron chi connectivity index (χ1n) is 9.42. The molecule has 0 bridgehead atoms. The molecule has 0 unspecified atom stereocenters. The van der Waals surface area contributed by atoms with Crippen LogP contribution in [0.25, 0.3) is 0 Å². The molecule has 3 aromatic carbocycles. The van der Waals surface area contributed by atoms with E-state index in [0.717, 1.165) is 16.7 Å². The second-order valence-corrected chi connectivity index (χ2v) is 6.98. The van der Waals surface area contributed by atoms with E-state index in [-0.39, 0.29) is 12.2 Å². The maximum absolute atomic E-state index is 11.8. The first-order valence-corrected chi connectivity index (χ1v) is 9.42. The van der Waals surface area contributed by atoms with E-state index in [9.17, 15) is 4.79 Å². The molecule has 1 amide bonds. The average Bonchev–Trinajstić information content (AvgIpc) is 3.08. The summed E-state index contributed by atoms with van der Waals surface area (Å²) in [5.74, 6) is 0. The summed E-state index contributed by atoms with van der Waals surface area (Å²) >= 11 is 0. The third-order valence-corrected chi connectivity index (χ3v) is 5.08. The molecule has 0 spiro atoms. The first kappa shape index (κ1) is 18.3. The molecule has 1 aliphatic rings. The Balaban J connectivity index is 1.80. The van der Waals surface area contributed by atoms with Crippen LogP contribution in [0, 0.1) is 0 Å². The molecular weight excluding hydrogens is 350 g/mol. The van der Waals surface area contributed by atoms with Crippen LogP contribution >= 0.6 is 0 Å². The minimum Gasteiger partial charge on any atom is -0.442 e. The van der Waals surface area contributed by atoms with Crippen molar-refractivity contribution in [2.24, 2.45) is 0 Å². The fourth-order valence-corrected chi connectivity index (χ4v) is 3.72. The van der Waals surface area contributed by atoms with Gasteiger partial charge in [-0.2, -0.15) is 0 Å². The zero-order valence-corrected chi connectivity index (χ0v) is 15.8. The van der Waals surface area contributed by atoms with Crippen LogP contribution in [0.1, 0.15) is 16.7 Å². The Morgan fingerprint density at radius 2 is 1.29 bits per heavy atom. The number of carbonyl (C=O) groups excluding carboxylic acids is 1. The van der Waals surface area contributed by atoms with Gasteiger partial charge in [0.15, 0.2) is 0 Å². The molecule has 0 saturated carbocycles. The Hall–Kier alpha value is -3.11. The third kappa shape index (κ3) is 3.39. The van der Waals surface area contributed by atoms with E-state index in [4.69, 9.17) is 9.47 Å². The molecule has 0 N–H and O–H groups in total. The SMILES string of the molecule is CN1C[C@@H](COC(c2ccccc2)(c2ccccc2)c2ccccc2)OC1=O. The smallest absolute Gasteiger partial charge is 0.410 e. The lowest BCUT2D eigenvalue weighted by molar-refractivity contribution is -0.0298. The van der Waals surface area contributed by atoms with Gasteiger partial charge in [-0.25, -0.2) is 4.79 Å². The Bertz CT molecular complexity index is 816. The van der Waals surface area contributed by atoms with Crippen molar-refractivity contribution in [2.75, 3.05) is 20.2 Å². The number of hydrogen-bond acceptors (Lipinski definition) is 3. The summed E-state index contributed by atoms with van der Waals surface area (Å²) in [7, 11) is 1.74. The molecule has 4 heteroatoms. The standard InChI is InChI=1S/C24H23NO3/c1-25-17-22(28-23(25)26)18-27-24(19-11-5-2-6-12-19,20-13-7-3-8-14-20)21-15-9-4-10-16-21/h2-16,22H,17-18H2,1H3/t22-/m0/s1. The lowest BCUT2D eigenvalue weighted by Gasteiger charge is -2.36. The molecule has 0 radical (unpaired) electrons. The summed E-state index contributed by atoms with van der Waals surface area (Å²) in [6, 6.07) is 30.6. The monoisotopic (exact) mass is 373 g/mol. The molecule has 142 valence electrons. The summed E-state index contributed by atoms with van der Waals surface area (Å²) in [6.07, 6.45) is -0.605. The number of carbonyl (C=O) groups is 1. The van der Waals surface area contributed by atoms with Crippen LogP contribution in [-0.2, 0) is 15.1 Å². The van der Waals surface area contributed by atoms with E-state index < -0.39 is 5.60 Å². The van der Waals surface area contributed by atoms with Crippen LogP contribution in [0.5, 0.6) is 0 Å². The highest BCUT2D eigenvalue weighted by molar-refractivity contribution is 5.69. The highest BCUT2D eigenvalue weighted by Gasteiger charge is 2.39. The Morgan fingerprint density at radius 1 is 0.857 bits per heavy atom. The zero-order valence-electron chi connectivity index (χ0n) is 15.8. The van der Waals surface area contributed by atoms with Gasteiger partial charge in [0.1, 0.15) is 11.7 Å². The van der Waals surface area contributed by atoms with Crippen molar-refractivity contribution in [1.82, 2.24) is 4.90 Å². The molecule has 0 aliphatic carbocycles. The van der Waals surface area contributed by atoms with E-state index in [1.165, 1.54) is 0 Å². The lowest BCUT2D eigenvalue weighted by Crippen LogP contribution is -2.36. The maximum atomic E-state index is 11.8. The lowest BCUT2D eigenvalue weighted by atomic mass is 9.80. The molecule has 4 nitrogen and oxygen atoms in total. The molecule has 1 aliphatic heterocycles. The van der Waals surface area contributed by atoms with Gasteiger partial charge in [-0.3, -0.25) is 0 Å². The van der Waals surface area contributed by atoms with Gasteiger partial charge in [0.05, 0.1) is 13.2 Å². The molecule has 1 heterocycles. The van der Waals surface area contributed by atoms with E-state index in [0.29, 0.717) is 13.2 Å². The Kier molecular flexibility index (Phi) is 5.13. The number of rotatable bonds is 6. The minimum absolute atomic E-state index is 0.298. The van der Waals surface area contributed by atoms with Crippen LogP contribution in [0.3, 0.4) is 0 Å². The van der Waals surface area contributed by atoms with Crippen LogP contribution in [-0.4, -0.2) is 37.3 Å². The number of amides is 1. The van der Waals surface area contributed by atoms with Crippen LogP contribution in [0.2, 0.25) is 0 Å². The van der Waals surface area contributed by atoms with Crippen molar-refractivity contribution in [3.8, 4) is 0 Å². The highest BCUT2D eigenvalue weighted by atomic mass is 16.6. The average molecular weight is 373 g/mol. The van der Waals surface area contributed by atoms with Gasteiger partial charge in [0, 0.05) is 7.05 Å². The maximum Gasteiger partial charge on any atom is 0.410 e. The summed E-state index contributed by atoms with van der Waals surface area (Å²) in [4.78, 5) is 13.3. The fourth-order valence-electron chi connectivity index (χ4n) is 3.72. The Morgan fingerprint density at radius 3 is 1.64 bits per heavy atom. The van der Waals surface area contributed by atoms with Gasteiger partial charge in [-0.1, -0.05) is 91.0 Å². The predicted molar refractivity (Wildman–Crippen MR) is 108 cm³/mol. The van der Waals surface area contributed by atoms with Crippen LogP contribution in [0.15, 0.2) is 91.0 Å². The van der Waals surface area contributed by atoms with E-state index in [1.54, 1.807) is 11.9 Å². The van der Waals surface area contributed by atoms with Gasteiger partial charge in [0.2, 0.25) is 0 Å². The van der Waals surface area contributed by atoms with E-state index in [1.807, 2.05) is 54.6 Å². The van der Waals surface area contributed by atoms with Gasteiger partial charge < -0.3 is 14.4 Å². The molecule has 0 aromatic heterocycles. The van der Waals surface area contributed by atoms with Crippen molar-refractivity contribution in [3.05, 3.63) is 108 Å². The van der Waals surface area contributed by atoms with Gasteiger partial charge in [-0.05, 0) is 16.7 Å². The molecule has 3 aromatic rings. The number of likely N-dealkylation sites (N-methyl/N-ethyl adjacent to an activating group) is 1. The fraction of sp³-hybridized carbons (Fsp3) is 0.208. The molecule has 1 saturated heterocycles. The van der Waals surface area contributed by atoms with E-state index >= 15 is 0 Å². The first-order chi connectivity index (χ1) is 13.7. The summed E-state index contributed by atoms with van der Waals surface area (Å²) < 4.78 is 12.1. The van der Waals surface area contributed by atoms with Crippen molar-refractivity contribution in [1.29, 1.82) is 0 Å². The largest absolute Gasteiger partial charge is 0.442 e. The van der Waals surface area contributed by atoms with Crippen molar-refractivity contribution in [3.63, 3.8) is 0 Å². The quantitative estimate of drug-likeness (QED) is 0.600. The van der Waals surface area contributed by atoms with Crippen molar-refractivity contribution >= 4 is 6.09 Å². The third-order valence-electron chi connectivity index (χ3n) is 5.08. The molecule has 1 fully saturated rings. The number of hydrogen-bond donors (Lipinski definition) is 0. The highest BCUT2D eigenvalue weighted by Crippen LogP contribution is 2.40. The molecular formula is C24H23NO3. The molecule has 4 rings (SSSR count). The van der Waals surface area contributed by atoms with E-state index in [2.05, 4.69) is 36.4 Å². The number of benzene rings is 3. The van der Waals surface area contributed by atoms with Gasteiger partial charge in [0.25, 0.3) is 0 Å². The van der Waals surface area contributed by atoms with Crippen LogP contribution in [0.4, 0.5) is 4.79 Å². The van der Waals surface area contributed by atoms with Crippen LogP contribution < -0.4 is 0 Å². The molecule has 28 heavy (non-hydrogen) atoms. The van der Waals surface area contributed by atoms with Crippen molar-refractivity contribution in [2.45, 2.75) is 11.7 Å². The van der Waals surface area contributed by atoms with Gasteiger partial charge >= 0.3 is 6.09 Å². The summed E-state index contributed by atoms with van der Waals surface area (Å²) in [5.41, 5.74) is 2.30. The number of nitrogens with zero attached hydrogens (tertiary/aromatic N) is 1. The Labute approximate surface area is 165 Å². The second-order valence-electron chi connectivity index (χ2n) is 6.98. The minimum atomic E-state index is -0.794. The topological polar surface area (TPSA) is 38.8 Å². The molecule has 1 atom stereocenters. The normalized spacial score (nSPS) is 16.8. The number of ether oxygens (including phenoxy) is 2. The summed E-state index contributed by atoms with van der Waals surface area (Å²) in [5, 5.41) is 0.